The van der Waals surface area contributed by atoms with E-state index in [1.54, 1.807) is 6.20 Å². The van der Waals surface area contributed by atoms with Gasteiger partial charge in [-0.3, -0.25) is 4.79 Å². The fraction of sp³-hybridized carbons (Fsp3) is 0.733. The molecule has 1 saturated carbocycles. The molecule has 0 saturated heterocycles. The van der Waals surface area contributed by atoms with E-state index in [4.69, 9.17) is 5.73 Å². The Labute approximate surface area is 134 Å². The molecule has 2 rings (SSSR count). The van der Waals surface area contributed by atoms with Crippen molar-refractivity contribution in [1.82, 2.24) is 9.78 Å². The number of hydrogen-bond acceptors (Lipinski definition) is 4. The van der Waals surface area contributed by atoms with Crippen LogP contribution in [0.25, 0.3) is 0 Å². The standard InChI is InChI=1S/C15H25BrN4O/c1-10(2)9-20-15(21)14(16)13(8-18-20)19-12-6-4-3-5-11(12)7-17/h8,10-12,19H,3-7,9,17H2,1-2H3. The third-order valence-electron chi connectivity index (χ3n) is 4.08. The largest absolute Gasteiger partial charge is 0.380 e. The Balaban J connectivity index is 2.17. The molecule has 1 aliphatic rings. The summed E-state index contributed by atoms with van der Waals surface area (Å²) >= 11 is 3.42. The van der Waals surface area contributed by atoms with E-state index in [0.717, 1.165) is 18.5 Å². The number of nitrogens with two attached hydrogens (primary N) is 1. The molecule has 6 heteroatoms. The minimum atomic E-state index is -0.0752. The molecule has 0 bridgehead atoms. The number of hydrogen-bond donors (Lipinski definition) is 2. The Morgan fingerprint density at radius 2 is 2.19 bits per heavy atom. The van der Waals surface area contributed by atoms with Crippen LogP contribution in [-0.4, -0.2) is 22.4 Å². The zero-order valence-electron chi connectivity index (χ0n) is 12.8. The predicted molar refractivity (Wildman–Crippen MR) is 89.5 cm³/mol. The third-order valence-corrected chi connectivity index (χ3v) is 4.84. The van der Waals surface area contributed by atoms with E-state index in [1.165, 1.54) is 17.5 Å². The molecule has 1 heterocycles. The van der Waals surface area contributed by atoms with Crippen LogP contribution in [0.3, 0.4) is 0 Å². The van der Waals surface area contributed by atoms with E-state index in [-0.39, 0.29) is 5.56 Å². The summed E-state index contributed by atoms with van der Waals surface area (Å²) < 4.78 is 2.08. The van der Waals surface area contributed by atoms with Gasteiger partial charge in [-0.25, -0.2) is 4.68 Å². The predicted octanol–water partition coefficient (Wildman–Crippen LogP) is 2.59. The zero-order chi connectivity index (χ0) is 15.4. The monoisotopic (exact) mass is 356 g/mol. The first kappa shape index (κ1) is 16.5. The van der Waals surface area contributed by atoms with Gasteiger partial charge in [0.25, 0.3) is 5.56 Å². The van der Waals surface area contributed by atoms with Crippen LogP contribution >= 0.6 is 15.9 Å². The molecule has 5 nitrogen and oxygen atoms in total. The Morgan fingerprint density at radius 1 is 1.48 bits per heavy atom. The Kier molecular flexibility index (Phi) is 5.81. The van der Waals surface area contributed by atoms with Crippen molar-refractivity contribution in [3.63, 3.8) is 0 Å². The number of halogens is 1. The molecule has 0 aromatic carbocycles. The average molecular weight is 357 g/mol. The second-order valence-electron chi connectivity index (χ2n) is 6.28. The van der Waals surface area contributed by atoms with E-state index in [0.29, 0.717) is 35.4 Å². The van der Waals surface area contributed by atoms with Crippen molar-refractivity contribution in [3.05, 3.63) is 21.0 Å². The normalized spacial score (nSPS) is 22.5. The van der Waals surface area contributed by atoms with Crippen molar-refractivity contribution in [2.24, 2.45) is 17.6 Å². The zero-order valence-corrected chi connectivity index (χ0v) is 14.4. The lowest BCUT2D eigenvalue weighted by Crippen LogP contribution is -2.37. The van der Waals surface area contributed by atoms with Gasteiger partial charge in [0.05, 0.1) is 11.9 Å². The highest BCUT2D eigenvalue weighted by atomic mass is 79.9. The van der Waals surface area contributed by atoms with Gasteiger partial charge in [0.1, 0.15) is 4.47 Å². The highest BCUT2D eigenvalue weighted by Crippen LogP contribution is 2.28. The first-order valence-electron chi connectivity index (χ1n) is 7.75. The first-order chi connectivity index (χ1) is 10.0. The molecule has 1 fully saturated rings. The number of nitrogens with zero attached hydrogens (tertiary/aromatic N) is 2. The maximum atomic E-state index is 12.3. The second kappa shape index (κ2) is 7.40. The molecule has 21 heavy (non-hydrogen) atoms. The van der Waals surface area contributed by atoms with Gasteiger partial charge in [-0.2, -0.15) is 5.10 Å². The van der Waals surface area contributed by atoms with E-state index in [2.05, 4.69) is 40.2 Å². The lowest BCUT2D eigenvalue weighted by molar-refractivity contribution is 0.332. The first-order valence-corrected chi connectivity index (χ1v) is 8.54. The van der Waals surface area contributed by atoms with Crippen molar-refractivity contribution in [3.8, 4) is 0 Å². The molecule has 118 valence electrons. The molecular weight excluding hydrogens is 332 g/mol. The third kappa shape index (κ3) is 4.07. The molecule has 2 unspecified atom stereocenters. The molecule has 3 N–H and O–H groups in total. The van der Waals surface area contributed by atoms with Crippen LogP contribution in [0.2, 0.25) is 0 Å². The van der Waals surface area contributed by atoms with Gasteiger partial charge in [-0.15, -0.1) is 0 Å². The summed E-state index contributed by atoms with van der Waals surface area (Å²) in [4.78, 5) is 12.3. The van der Waals surface area contributed by atoms with Crippen LogP contribution < -0.4 is 16.6 Å². The van der Waals surface area contributed by atoms with Crippen molar-refractivity contribution >= 4 is 21.6 Å². The summed E-state index contributed by atoms with van der Waals surface area (Å²) in [5, 5.41) is 7.74. The van der Waals surface area contributed by atoms with Gasteiger partial charge < -0.3 is 11.1 Å². The summed E-state index contributed by atoms with van der Waals surface area (Å²) in [5.74, 6) is 0.865. The number of rotatable bonds is 5. The summed E-state index contributed by atoms with van der Waals surface area (Å²) in [5.41, 5.74) is 6.57. The minimum Gasteiger partial charge on any atom is -0.380 e. The van der Waals surface area contributed by atoms with Crippen molar-refractivity contribution < 1.29 is 0 Å². The highest BCUT2D eigenvalue weighted by molar-refractivity contribution is 9.10. The molecule has 1 aromatic rings. The fourth-order valence-corrected chi connectivity index (χ4v) is 3.34. The SMILES string of the molecule is CC(C)Cn1ncc(NC2CCCCC2CN)c(Br)c1=O. The van der Waals surface area contributed by atoms with Crippen LogP contribution in [0, 0.1) is 11.8 Å². The molecule has 0 aliphatic heterocycles. The lowest BCUT2D eigenvalue weighted by Gasteiger charge is -2.32. The molecule has 0 amide bonds. The minimum absolute atomic E-state index is 0.0752. The number of aromatic nitrogens is 2. The molecule has 0 radical (unpaired) electrons. The summed E-state index contributed by atoms with van der Waals surface area (Å²) in [6, 6.07) is 0.335. The van der Waals surface area contributed by atoms with Crippen molar-refractivity contribution in [2.75, 3.05) is 11.9 Å². The van der Waals surface area contributed by atoms with Crippen LogP contribution in [0.15, 0.2) is 15.5 Å². The number of nitrogens with one attached hydrogen (secondary N) is 1. The van der Waals surface area contributed by atoms with Gasteiger partial charge in [-0.1, -0.05) is 26.7 Å². The van der Waals surface area contributed by atoms with Crippen LogP contribution in [0.4, 0.5) is 5.69 Å². The van der Waals surface area contributed by atoms with Gasteiger partial charge in [0.15, 0.2) is 0 Å². The maximum absolute atomic E-state index is 12.3. The molecule has 2 atom stereocenters. The average Bonchev–Trinajstić information content (AvgIpc) is 2.47. The summed E-state index contributed by atoms with van der Waals surface area (Å²) in [6.07, 6.45) is 6.46. The van der Waals surface area contributed by atoms with Crippen molar-refractivity contribution in [2.45, 2.75) is 52.1 Å². The Morgan fingerprint density at radius 3 is 2.86 bits per heavy atom. The quantitative estimate of drug-likeness (QED) is 0.850. The lowest BCUT2D eigenvalue weighted by atomic mass is 9.84. The highest BCUT2D eigenvalue weighted by Gasteiger charge is 2.24. The van der Waals surface area contributed by atoms with Crippen molar-refractivity contribution in [1.29, 1.82) is 0 Å². The molecule has 1 aliphatic carbocycles. The van der Waals surface area contributed by atoms with Gasteiger partial charge in [-0.05, 0) is 47.2 Å². The van der Waals surface area contributed by atoms with Crippen LogP contribution in [-0.2, 0) is 6.54 Å². The smallest absolute Gasteiger partial charge is 0.283 e. The Bertz CT molecular complexity index is 529. The van der Waals surface area contributed by atoms with E-state index in [1.807, 2.05) is 0 Å². The summed E-state index contributed by atoms with van der Waals surface area (Å²) in [6.45, 7) is 5.46. The molecule has 1 aromatic heterocycles. The number of anilines is 1. The molecular formula is C15H25BrN4O. The fourth-order valence-electron chi connectivity index (χ4n) is 2.92. The summed E-state index contributed by atoms with van der Waals surface area (Å²) in [7, 11) is 0. The van der Waals surface area contributed by atoms with Crippen LogP contribution in [0.1, 0.15) is 39.5 Å². The maximum Gasteiger partial charge on any atom is 0.283 e. The van der Waals surface area contributed by atoms with E-state index >= 15 is 0 Å². The Hall–Kier alpha value is -0.880. The van der Waals surface area contributed by atoms with Crippen LogP contribution in [0.5, 0.6) is 0 Å². The van der Waals surface area contributed by atoms with Gasteiger partial charge in [0.2, 0.25) is 0 Å². The van der Waals surface area contributed by atoms with E-state index in [9.17, 15) is 4.79 Å². The topological polar surface area (TPSA) is 72.9 Å². The van der Waals surface area contributed by atoms with Gasteiger partial charge in [0, 0.05) is 12.6 Å². The second-order valence-corrected chi connectivity index (χ2v) is 7.08. The van der Waals surface area contributed by atoms with E-state index < -0.39 is 0 Å². The van der Waals surface area contributed by atoms with Gasteiger partial charge >= 0.3 is 0 Å². The molecule has 0 spiro atoms.